The number of anilines is 1. The third kappa shape index (κ3) is 6.25. The lowest BCUT2D eigenvalue weighted by Crippen LogP contribution is -2.51. The number of benzene rings is 1. The van der Waals surface area contributed by atoms with E-state index in [9.17, 15) is 19.2 Å². The molecule has 1 unspecified atom stereocenters. The first-order chi connectivity index (χ1) is 15.4. The fourth-order valence-electron chi connectivity index (χ4n) is 4.27. The fraction of sp³-hybridized carbons (Fsp3) is 0.583. The number of esters is 1. The van der Waals surface area contributed by atoms with Crippen LogP contribution in [-0.4, -0.2) is 65.8 Å². The summed E-state index contributed by atoms with van der Waals surface area (Å²) in [4.78, 5) is 53.8. The van der Waals surface area contributed by atoms with E-state index in [1.807, 2.05) is 25.1 Å². The van der Waals surface area contributed by atoms with Crippen LogP contribution in [0.15, 0.2) is 18.2 Å². The molecule has 0 bridgehead atoms. The summed E-state index contributed by atoms with van der Waals surface area (Å²) in [5.41, 5.74) is -0.00872. The Kier molecular flexibility index (Phi) is 7.36. The Labute approximate surface area is 199 Å². The second-order valence-corrected chi connectivity index (χ2v) is 10.2. The van der Waals surface area contributed by atoms with E-state index in [0.717, 1.165) is 16.3 Å². The number of piperazine rings is 1. The molecule has 8 nitrogen and oxygen atoms in total. The quantitative estimate of drug-likeness (QED) is 0.500. The van der Waals surface area contributed by atoms with E-state index in [1.54, 1.807) is 25.7 Å². The summed E-state index contributed by atoms with van der Waals surface area (Å²) in [7, 11) is 0. The molecule has 0 aromatic heterocycles. The van der Waals surface area contributed by atoms with Gasteiger partial charge in [0, 0.05) is 43.3 Å². The van der Waals surface area contributed by atoms with Crippen LogP contribution in [0.4, 0.5) is 5.69 Å². The maximum absolute atomic E-state index is 12.9. The highest BCUT2D eigenvalue weighted by atomic mass is 35.5. The van der Waals surface area contributed by atoms with Gasteiger partial charge in [-0.25, -0.2) is 0 Å². The molecule has 2 amide bonds. The standard InChI is InChI=1S/C24H32ClN3O5/c1-16-13-17(5-6-18(16)25)27-9-11-28(12-10-27)21(31)7-8-24(19(29)14-20(30)26-24)15-22(32)33-23(2,3)4/h5-6,13H,7-12,14-15H2,1-4H3,(H,26,30). The van der Waals surface area contributed by atoms with Crippen LogP contribution in [0.1, 0.15) is 52.0 Å². The molecule has 0 radical (unpaired) electrons. The molecular weight excluding hydrogens is 446 g/mol. The number of nitrogens with one attached hydrogen (secondary N) is 1. The molecule has 180 valence electrons. The summed E-state index contributed by atoms with van der Waals surface area (Å²) in [5, 5.41) is 3.37. The first kappa shape index (κ1) is 25.0. The minimum absolute atomic E-state index is 0.0644. The van der Waals surface area contributed by atoms with Crippen LogP contribution >= 0.6 is 11.6 Å². The largest absolute Gasteiger partial charge is 0.460 e. The zero-order valence-electron chi connectivity index (χ0n) is 19.7. The Morgan fingerprint density at radius 1 is 1.15 bits per heavy atom. The van der Waals surface area contributed by atoms with Crippen LogP contribution in [0.2, 0.25) is 5.02 Å². The van der Waals surface area contributed by atoms with Crippen LogP contribution in [0.25, 0.3) is 0 Å². The number of ether oxygens (including phenoxy) is 1. The third-order valence-corrected chi connectivity index (χ3v) is 6.43. The smallest absolute Gasteiger partial charge is 0.309 e. The van der Waals surface area contributed by atoms with Crippen molar-refractivity contribution in [3.63, 3.8) is 0 Å². The number of nitrogens with zero attached hydrogens (tertiary/aromatic N) is 2. The highest BCUT2D eigenvalue weighted by Crippen LogP contribution is 2.28. The molecule has 2 saturated heterocycles. The summed E-state index contributed by atoms with van der Waals surface area (Å²) in [6.45, 7) is 9.65. The van der Waals surface area contributed by atoms with Gasteiger partial charge in [-0.15, -0.1) is 0 Å². The van der Waals surface area contributed by atoms with Crippen molar-refractivity contribution in [3.8, 4) is 0 Å². The summed E-state index contributed by atoms with van der Waals surface area (Å²) < 4.78 is 5.35. The Hall–Kier alpha value is -2.61. The van der Waals surface area contributed by atoms with Crippen LogP contribution in [0, 0.1) is 6.92 Å². The van der Waals surface area contributed by atoms with Crippen LogP contribution in [0.3, 0.4) is 0 Å². The zero-order valence-corrected chi connectivity index (χ0v) is 20.5. The predicted molar refractivity (Wildman–Crippen MR) is 125 cm³/mol. The van der Waals surface area contributed by atoms with Crippen molar-refractivity contribution in [2.45, 2.75) is 64.5 Å². The van der Waals surface area contributed by atoms with E-state index in [2.05, 4.69) is 10.2 Å². The number of halogens is 1. The van der Waals surface area contributed by atoms with Gasteiger partial charge < -0.3 is 19.9 Å². The van der Waals surface area contributed by atoms with Crippen molar-refractivity contribution in [2.24, 2.45) is 0 Å². The second kappa shape index (κ2) is 9.71. The van der Waals surface area contributed by atoms with E-state index in [0.29, 0.717) is 26.2 Å². The summed E-state index contributed by atoms with van der Waals surface area (Å²) in [5.74, 6) is -1.46. The maximum Gasteiger partial charge on any atom is 0.309 e. The molecule has 0 aliphatic carbocycles. The topological polar surface area (TPSA) is 96.0 Å². The number of ketones is 1. The molecular formula is C24H32ClN3O5. The monoisotopic (exact) mass is 477 g/mol. The van der Waals surface area contributed by atoms with Crippen molar-refractivity contribution in [3.05, 3.63) is 28.8 Å². The summed E-state index contributed by atoms with van der Waals surface area (Å²) in [6, 6.07) is 5.89. The van der Waals surface area contributed by atoms with Crippen molar-refractivity contribution in [1.29, 1.82) is 0 Å². The van der Waals surface area contributed by atoms with Gasteiger partial charge in [-0.1, -0.05) is 11.6 Å². The molecule has 9 heteroatoms. The van der Waals surface area contributed by atoms with Crippen LogP contribution in [0.5, 0.6) is 0 Å². The molecule has 1 atom stereocenters. The van der Waals surface area contributed by atoms with E-state index >= 15 is 0 Å². The Morgan fingerprint density at radius 3 is 2.36 bits per heavy atom. The minimum atomic E-state index is -1.38. The van der Waals surface area contributed by atoms with Gasteiger partial charge in [0.25, 0.3) is 0 Å². The first-order valence-corrected chi connectivity index (χ1v) is 11.6. The summed E-state index contributed by atoms with van der Waals surface area (Å²) >= 11 is 6.12. The lowest BCUT2D eigenvalue weighted by Gasteiger charge is -2.37. The van der Waals surface area contributed by atoms with Gasteiger partial charge in [0.2, 0.25) is 11.8 Å². The lowest BCUT2D eigenvalue weighted by atomic mass is 9.86. The normalized spacial score (nSPS) is 21.2. The Balaban J connectivity index is 1.58. The number of carbonyl (C=O) groups excluding carboxylic acids is 4. The van der Waals surface area contributed by atoms with Crippen molar-refractivity contribution in [2.75, 3.05) is 31.1 Å². The molecule has 0 saturated carbocycles. The molecule has 2 aliphatic rings. The van der Waals surface area contributed by atoms with Crippen molar-refractivity contribution < 1.29 is 23.9 Å². The van der Waals surface area contributed by atoms with Gasteiger partial charge in [0.1, 0.15) is 11.1 Å². The lowest BCUT2D eigenvalue weighted by molar-refractivity contribution is -0.158. The van der Waals surface area contributed by atoms with Gasteiger partial charge in [0.05, 0.1) is 12.8 Å². The highest BCUT2D eigenvalue weighted by Gasteiger charge is 2.48. The molecule has 33 heavy (non-hydrogen) atoms. The predicted octanol–water partition coefficient (Wildman–Crippen LogP) is 2.64. The number of Topliss-reactive ketones (excluding diaryl/α,β-unsaturated/α-hetero) is 1. The molecule has 3 rings (SSSR count). The number of hydrogen-bond acceptors (Lipinski definition) is 6. The third-order valence-electron chi connectivity index (χ3n) is 6.00. The summed E-state index contributed by atoms with van der Waals surface area (Å²) in [6.07, 6.45) is -0.414. The number of carbonyl (C=O) groups is 4. The van der Waals surface area contributed by atoms with Gasteiger partial charge in [-0.2, -0.15) is 0 Å². The SMILES string of the molecule is Cc1cc(N2CCN(C(=O)CCC3(CC(=O)OC(C)(C)C)NC(=O)CC3=O)CC2)ccc1Cl. The molecule has 1 aromatic carbocycles. The maximum atomic E-state index is 12.9. The van der Waals surface area contributed by atoms with Crippen molar-refractivity contribution in [1.82, 2.24) is 10.2 Å². The highest BCUT2D eigenvalue weighted by molar-refractivity contribution is 6.31. The zero-order chi connectivity index (χ0) is 24.4. The van der Waals surface area contributed by atoms with E-state index in [-0.39, 0.29) is 37.4 Å². The number of amides is 2. The van der Waals surface area contributed by atoms with Crippen LogP contribution in [-0.2, 0) is 23.9 Å². The average Bonchev–Trinajstić information content (AvgIpc) is 2.99. The molecule has 2 heterocycles. The fourth-order valence-corrected chi connectivity index (χ4v) is 4.39. The molecule has 2 aliphatic heterocycles. The molecule has 1 N–H and O–H groups in total. The molecule has 1 aromatic rings. The number of hydrogen-bond donors (Lipinski definition) is 1. The van der Waals surface area contributed by atoms with E-state index < -0.39 is 23.0 Å². The molecule has 2 fully saturated rings. The van der Waals surface area contributed by atoms with Gasteiger partial charge >= 0.3 is 5.97 Å². The molecule has 0 spiro atoms. The number of rotatable bonds is 6. The number of aryl methyl sites for hydroxylation is 1. The average molecular weight is 478 g/mol. The van der Waals surface area contributed by atoms with E-state index in [4.69, 9.17) is 16.3 Å². The van der Waals surface area contributed by atoms with Crippen molar-refractivity contribution >= 4 is 40.9 Å². The Morgan fingerprint density at radius 2 is 1.82 bits per heavy atom. The van der Waals surface area contributed by atoms with Gasteiger partial charge in [-0.3, -0.25) is 19.2 Å². The van der Waals surface area contributed by atoms with Gasteiger partial charge in [0.15, 0.2) is 5.78 Å². The minimum Gasteiger partial charge on any atom is -0.460 e. The van der Waals surface area contributed by atoms with E-state index in [1.165, 1.54) is 0 Å². The second-order valence-electron chi connectivity index (χ2n) is 9.79. The Bertz CT molecular complexity index is 950. The van der Waals surface area contributed by atoms with Gasteiger partial charge in [-0.05, 0) is 57.9 Å². The first-order valence-electron chi connectivity index (χ1n) is 11.2. The van der Waals surface area contributed by atoms with Crippen LogP contribution < -0.4 is 10.2 Å².